The number of aliphatic carboxylic acids is 1. The number of hydrogen-bond acceptors (Lipinski definition) is 3. The number of aryl methyl sites for hydroxylation is 1. The fraction of sp³-hybridized carbons (Fsp3) is 0.615. The highest BCUT2D eigenvalue weighted by Gasteiger charge is 2.22. The number of nitrogens with zero attached hydrogens (tertiary/aromatic N) is 1. The summed E-state index contributed by atoms with van der Waals surface area (Å²) in [7, 11) is 1.83. The van der Waals surface area contributed by atoms with Gasteiger partial charge in [-0.1, -0.05) is 19.8 Å². The van der Waals surface area contributed by atoms with E-state index in [1.54, 1.807) is 0 Å². The lowest BCUT2D eigenvalue weighted by Gasteiger charge is -2.23. The van der Waals surface area contributed by atoms with Gasteiger partial charge in [-0.15, -0.1) is 0 Å². The van der Waals surface area contributed by atoms with Crippen LogP contribution >= 0.6 is 0 Å². The summed E-state index contributed by atoms with van der Waals surface area (Å²) in [5.41, 5.74) is 0. The Morgan fingerprint density at radius 3 is 2.71 bits per heavy atom. The minimum atomic E-state index is -0.760. The van der Waals surface area contributed by atoms with Gasteiger partial charge in [-0.05, 0) is 32.5 Å². The van der Waals surface area contributed by atoms with E-state index in [9.17, 15) is 9.90 Å². The third-order valence-electron chi connectivity index (χ3n) is 2.85. The van der Waals surface area contributed by atoms with Crippen LogP contribution in [0.15, 0.2) is 16.5 Å². The zero-order valence-corrected chi connectivity index (χ0v) is 10.8. The van der Waals surface area contributed by atoms with E-state index in [0.717, 1.165) is 24.4 Å². The van der Waals surface area contributed by atoms with Crippen molar-refractivity contribution in [2.75, 3.05) is 7.05 Å². The van der Waals surface area contributed by atoms with Crippen LogP contribution in [0.3, 0.4) is 0 Å². The van der Waals surface area contributed by atoms with Crippen molar-refractivity contribution in [1.29, 1.82) is 0 Å². The molecule has 0 aliphatic carbocycles. The number of furan rings is 1. The van der Waals surface area contributed by atoms with Crippen LogP contribution in [0.25, 0.3) is 0 Å². The third kappa shape index (κ3) is 4.23. The summed E-state index contributed by atoms with van der Waals surface area (Å²) in [6, 6.07) is 3.36. The van der Waals surface area contributed by atoms with Gasteiger partial charge in [0.05, 0.1) is 6.54 Å². The van der Waals surface area contributed by atoms with Crippen LogP contribution in [-0.4, -0.2) is 29.1 Å². The van der Waals surface area contributed by atoms with E-state index in [1.165, 1.54) is 0 Å². The van der Waals surface area contributed by atoms with Crippen molar-refractivity contribution in [3.8, 4) is 0 Å². The topological polar surface area (TPSA) is 53.7 Å². The lowest BCUT2D eigenvalue weighted by Crippen LogP contribution is -2.37. The Morgan fingerprint density at radius 2 is 2.24 bits per heavy atom. The lowest BCUT2D eigenvalue weighted by molar-refractivity contribution is -0.143. The second kappa shape index (κ2) is 6.45. The third-order valence-corrected chi connectivity index (χ3v) is 2.85. The van der Waals surface area contributed by atoms with Gasteiger partial charge >= 0.3 is 5.97 Å². The molecular weight excluding hydrogens is 218 g/mol. The zero-order valence-electron chi connectivity index (χ0n) is 10.8. The van der Waals surface area contributed by atoms with E-state index in [0.29, 0.717) is 13.0 Å². The largest absolute Gasteiger partial charge is 0.480 e. The summed E-state index contributed by atoms with van der Waals surface area (Å²) < 4.78 is 5.45. The second-order valence-corrected chi connectivity index (χ2v) is 4.42. The van der Waals surface area contributed by atoms with Crippen molar-refractivity contribution in [3.05, 3.63) is 23.7 Å². The molecule has 4 heteroatoms. The van der Waals surface area contributed by atoms with E-state index in [4.69, 9.17) is 4.42 Å². The molecule has 0 saturated heterocycles. The van der Waals surface area contributed by atoms with Crippen molar-refractivity contribution in [2.24, 2.45) is 0 Å². The highest BCUT2D eigenvalue weighted by molar-refractivity contribution is 5.73. The van der Waals surface area contributed by atoms with Gasteiger partial charge < -0.3 is 9.52 Å². The van der Waals surface area contributed by atoms with E-state index in [2.05, 4.69) is 6.92 Å². The van der Waals surface area contributed by atoms with E-state index in [-0.39, 0.29) is 0 Å². The summed E-state index contributed by atoms with van der Waals surface area (Å²) in [5.74, 6) is 0.908. The molecule has 0 aliphatic rings. The molecule has 0 bridgehead atoms. The monoisotopic (exact) mass is 239 g/mol. The Bertz CT molecular complexity index is 359. The van der Waals surface area contributed by atoms with Gasteiger partial charge in [-0.2, -0.15) is 0 Å². The molecule has 1 aromatic heterocycles. The van der Waals surface area contributed by atoms with E-state index >= 15 is 0 Å². The molecular formula is C13H21NO3. The molecule has 0 aromatic carbocycles. The fourth-order valence-corrected chi connectivity index (χ4v) is 1.86. The maximum Gasteiger partial charge on any atom is 0.320 e. The Morgan fingerprint density at radius 1 is 1.53 bits per heavy atom. The standard InChI is InChI=1S/C13H21NO3/c1-4-5-6-12(13(15)16)14(3)9-11-8-7-10(2)17-11/h7-8,12H,4-6,9H2,1-3H3,(H,15,16). The SMILES string of the molecule is CCCCC(C(=O)O)N(C)Cc1ccc(C)o1. The van der Waals surface area contributed by atoms with Crippen molar-refractivity contribution in [3.63, 3.8) is 0 Å². The Labute approximate surface area is 102 Å². The van der Waals surface area contributed by atoms with Crippen LogP contribution in [0.1, 0.15) is 37.7 Å². The van der Waals surface area contributed by atoms with Crippen molar-refractivity contribution < 1.29 is 14.3 Å². The van der Waals surface area contributed by atoms with Gasteiger partial charge in [0.15, 0.2) is 0 Å². The van der Waals surface area contributed by atoms with Crippen molar-refractivity contribution in [1.82, 2.24) is 4.90 Å². The summed E-state index contributed by atoms with van der Waals surface area (Å²) in [6.45, 7) is 4.48. The Balaban J connectivity index is 2.58. The molecule has 1 rings (SSSR count). The summed E-state index contributed by atoms with van der Waals surface area (Å²) in [6.07, 6.45) is 2.62. The maximum absolute atomic E-state index is 11.2. The summed E-state index contributed by atoms with van der Waals surface area (Å²) >= 11 is 0. The molecule has 0 radical (unpaired) electrons. The zero-order chi connectivity index (χ0) is 12.8. The smallest absolute Gasteiger partial charge is 0.320 e. The maximum atomic E-state index is 11.2. The van der Waals surface area contributed by atoms with Crippen LogP contribution in [0.2, 0.25) is 0 Å². The molecule has 0 amide bonds. The lowest BCUT2D eigenvalue weighted by atomic mass is 10.1. The van der Waals surface area contributed by atoms with Crippen LogP contribution < -0.4 is 0 Å². The molecule has 1 aromatic rings. The highest BCUT2D eigenvalue weighted by atomic mass is 16.4. The van der Waals surface area contributed by atoms with Gasteiger partial charge in [0.1, 0.15) is 17.6 Å². The van der Waals surface area contributed by atoms with Crippen molar-refractivity contribution in [2.45, 2.75) is 45.7 Å². The predicted molar refractivity (Wildman–Crippen MR) is 65.9 cm³/mol. The molecule has 1 unspecified atom stereocenters. The molecule has 1 N–H and O–H groups in total. The Kier molecular flexibility index (Phi) is 5.22. The molecule has 1 atom stereocenters. The quantitative estimate of drug-likeness (QED) is 0.794. The first-order valence-electron chi connectivity index (χ1n) is 6.03. The van der Waals surface area contributed by atoms with Crippen LogP contribution in [0, 0.1) is 6.92 Å². The van der Waals surface area contributed by atoms with Gasteiger partial charge in [-0.3, -0.25) is 9.69 Å². The number of rotatable bonds is 7. The van der Waals surface area contributed by atoms with Gasteiger partial charge in [0, 0.05) is 0 Å². The van der Waals surface area contributed by atoms with E-state index in [1.807, 2.05) is 31.0 Å². The minimum absolute atomic E-state index is 0.430. The van der Waals surface area contributed by atoms with Gasteiger partial charge in [0.2, 0.25) is 0 Å². The summed E-state index contributed by atoms with van der Waals surface area (Å²) in [4.78, 5) is 13.0. The molecule has 0 saturated carbocycles. The highest BCUT2D eigenvalue weighted by Crippen LogP contribution is 2.13. The van der Waals surface area contributed by atoms with Gasteiger partial charge in [0.25, 0.3) is 0 Å². The number of hydrogen-bond donors (Lipinski definition) is 1. The fourth-order valence-electron chi connectivity index (χ4n) is 1.86. The molecule has 0 aliphatic heterocycles. The first kappa shape index (κ1) is 13.8. The normalized spacial score (nSPS) is 12.9. The molecule has 17 heavy (non-hydrogen) atoms. The number of unbranched alkanes of at least 4 members (excludes halogenated alkanes) is 1. The molecule has 4 nitrogen and oxygen atoms in total. The summed E-state index contributed by atoms with van der Waals surface area (Å²) in [5, 5.41) is 9.18. The molecule has 0 spiro atoms. The number of carbonyl (C=O) groups is 1. The van der Waals surface area contributed by atoms with Crippen LogP contribution in [0.4, 0.5) is 0 Å². The average Bonchev–Trinajstić information content (AvgIpc) is 2.64. The predicted octanol–water partition coefficient (Wildman–Crippen LogP) is 2.66. The number of carboxylic acid groups (broad SMARTS) is 1. The molecule has 1 heterocycles. The number of likely N-dealkylation sites (N-methyl/N-ethyl adjacent to an activating group) is 1. The first-order valence-corrected chi connectivity index (χ1v) is 6.03. The number of carboxylic acids is 1. The minimum Gasteiger partial charge on any atom is -0.480 e. The van der Waals surface area contributed by atoms with Crippen LogP contribution in [-0.2, 0) is 11.3 Å². The second-order valence-electron chi connectivity index (χ2n) is 4.42. The van der Waals surface area contributed by atoms with Gasteiger partial charge in [-0.25, -0.2) is 0 Å². The molecule has 96 valence electrons. The first-order chi connectivity index (χ1) is 8.04. The molecule has 0 fully saturated rings. The Hall–Kier alpha value is -1.29. The van der Waals surface area contributed by atoms with E-state index < -0.39 is 12.0 Å². The van der Waals surface area contributed by atoms with Crippen molar-refractivity contribution >= 4 is 5.97 Å². The van der Waals surface area contributed by atoms with Crippen LogP contribution in [0.5, 0.6) is 0 Å². The average molecular weight is 239 g/mol.